The van der Waals surface area contributed by atoms with Gasteiger partial charge in [0.05, 0.1) is 18.2 Å². The van der Waals surface area contributed by atoms with Gasteiger partial charge in [0.25, 0.3) is 0 Å². The van der Waals surface area contributed by atoms with Crippen molar-refractivity contribution in [3.05, 3.63) is 41.2 Å². The SMILES string of the molecule is COc1cc(C)c(S(=O)(=O)NC(C)c2cn[nH]c2)c(C)c1. The van der Waals surface area contributed by atoms with Gasteiger partial charge < -0.3 is 4.74 Å². The number of methoxy groups -OCH3 is 1. The van der Waals surface area contributed by atoms with Gasteiger partial charge in [-0.05, 0) is 44.0 Å². The van der Waals surface area contributed by atoms with Gasteiger partial charge in [-0.2, -0.15) is 5.10 Å². The smallest absolute Gasteiger partial charge is 0.241 e. The van der Waals surface area contributed by atoms with E-state index in [4.69, 9.17) is 4.74 Å². The van der Waals surface area contributed by atoms with Crippen molar-refractivity contribution in [1.82, 2.24) is 14.9 Å². The van der Waals surface area contributed by atoms with Crippen molar-refractivity contribution in [2.24, 2.45) is 0 Å². The average molecular weight is 309 g/mol. The Hall–Kier alpha value is -1.86. The topological polar surface area (TPSA) is 84.1 Å². The number of hydrogen-bond acceptors (Lipinski definition) is 4. The molecule has 1 atom stereocenters. The number of rotatable bonds is 5. The zero-order valence-corrected chi connectivity index (χ0v) is 13.3. The van der Waals surface area contributed by atoms with Crippen LogP contribution in [-0.2, 0) is 10.0 Å². The molecule has 1 aromatic heterocycles. The van der Waals surface area contributed by atoms with Gasteiger partial charge in [-0.15, -0.1) is 0 Å². The summed E-state index contributed by atoms with van der Waals surface area (Å²) < 4.78 is 33.0. The molecule has 2 N–H and O–H groups in total. The molecule has 0 saturated heterocycles. The molecule has 0 amide bonds. The zero-order valence-electron chi connectivity index (χ0n) is 12.5. The van der Waals surface area contributed by atoms with E-state index >= 15 is 0 Å². The van der Waals surface area contributed by atoms with Crippen LogP contribution in [0.4, 0.5) is 0 Å². The molecule has 21 heavy (non-hydrogen) atoms. The lowest BCUT2D eigenvalue weighted by Gasteiger charge is -2.16. The molecule has 114 valence electrons. The first kappa shape index (κ1) is 15.5. The highest BCUT2D eigenvalue weighted by Gasteiger charge is 2.23. The summed E-state index contributed by atoms with van der Waals surface area (Å²) in [5, 5.41) is 6.50. The molecule has 6 nitrogen and oxygen atoms in total. The van der Waals surface area contributed by atoms with Gasteiger partial charge in [-0.1, -0.05) is 0 Å². The summed E-state index contributed by atoms with van der Waals surface area (Å²) in [6, 6.07) is 3.06. The van der Waals surface area contributed by atoms with Crippen LogP contribution in [0.3, 0.4) is 0 Å². The molecule has 1 heterocycles. The van der Waals surface area contributed by atoms with Crippen molar-refractivity contribution < 1.29 is 13.2 Å². The summed E-state index contributed by atoms with van der Waals surface area (Å²) in [6.07, 6.45) is 3.27. The Morgan fingerprint density at radius 3 is 2.38 bits per heavy atom. The number of H-pyrrole nitrogens is 1. The number of sulfonamides is 1. The van der Waals surface area contributed by atoms with Crippen molar-refractivity contribution >= 4 is 10.0 Å². The molecule has 0 spiro atoms. The number of aryl methyl sites for hydroxylation is 2. The maximum absolute atomic E-state index is 12.6. The molecule has 0 bridgehead atoms. The monoisotopic (exact) mass is 309 g/mol. The highest BCUT2D eigenvalue weighted by molar-refractivity contribution is 7.89. The molecular weight excluding hydrogens is 290 g/mol. The quantitative estimate of drug-likeness (QED) is 0.885. The maximum atomic E-state index is 12.6. The van der Waals surface area contributed by atoms with E-state index in [2.05, 4.69) is 14.9 Å². The lowest BCUT2D eigenvalue weighted by atomic mass is 10.1. The van der Waals surface area contributed by atoms with Crippen LogP contribution in [0.5, 0.6) is 5.75 Å². The fourth-order valence-corrected chi connectivity index (χ4v) is 3.99. The molecule has 2 rings (SSSR count). The highest BCUT2D eigenvalue weighted by atomic mass is 32.2. The number of nitrogens with zero attached hydrogens (tertiary/aromatic N) is 1. The second-order valence-corrected chi connectivity index (χ2v) is 6.62. The second kappa shape index (κ2) is 5.87. The van der Waals surface area contributed by atoms with Gasteiger partial charge in [0, 0.05) is 17.8 Å². The Kier molecular flexibility index (Phi) is 4.34. The molecule has 0 aliphatic heterocycles. The molecular formula is C14H19N3O3S. The van der Waals surface area contributed by atoms with Crippen molar-refractivity contribution in [3.63, 3.8) is 0 Å². The fourth-order valence-electron chi connectivity index (χ4n) is 2.31. The van der Waals surface area contributed by atoms with Crippen LogP contribution in [0, 0.1) is 13.8 Å². The lowest BCUT2D eigenvalue weighted by molar-refractivity contribution is 0.413. The Morgan fingerprint density at radius 1 is 1.29 bits per heavy atom. The number of hydrogen-bond donors (Lipinski definition) is 2. The summed E-state index contributed by atoms with van der Waals surface area (Å²) in [6.45, 7) is 5.29. The number of aromatic nitrogens is 2. The van der Waals surface area contributed by atoms with Gasteiger partial charge in [-0.3, -0.25) is 5.10 Å². The van der Waals surface area contributed by atoms with Gasteiger partial charge in [0.1, 0.15) is 5.75 Å². The van der Waals surface area contributed by atoms with E-state index in [9.17, 15) is 8.42 Å². The summed E-state index contributed by atoms with van der Waals surface area (Å²) in [7, 11) is -2.06. The van der Waals surface area contributed by atoms with Crippen LogP contribution in [0.25, 0.3) is 0 Å². The van der Waals surface area contributed by atoms with Gasteiger partial charge in [-0.25, -0.2) is 13.1 Å². The largest absolute Gasteiger partial charge is 0.497 e. The molecule has 1 aromatic carbocycles. The van der Waals surface area contributed by atoms with Crippen LogP contribution in [0.15, 0.2) is 29.4 Å². The molecule has 0 aliphatic rings. The third-order valence-electron chi connectivity index (χ3n) is 3.29. The number of nitrogens with one attached hydrogen (secondary N) is 2. The predicted molar refractivity (Wildman–Crippen MR) is 79.8 cm³/mol. The van der Waals surface area contributed by atoms with Crippen molar-refractivity contribution in [2.75, 3.05) is 7.11 Å². The minimum Gasteiger partial charge on any atom is -0.497 e. The van der Waals surface area contributed by atoms with E-state index < -0.39 is 10.0 Å². The molecule has 0 saturated carbocycles. The predicted octanol–water partition coefficient (Wildman–Crippen LogP) is 2.07. The van der Waals surface area contributed by atoms with Crippen molar-refractivity contribution in [2.45, 2.75) is 31.7 Å². The summed E-state index contributed by atoms with van der Waals surface area (Å²) >= 11 is 0. The first-order chi connectivity index (χ1) is 9.85. The van der Waals surface area contributed by atoms with Crippen LogP contribution < -0.4 is 9.46 Å². The molecule has 7 heteroatoms. The van der Waals surface area contributed by atoms with Crippen molar-refractivity contribution in [3.8, 4) is 5.75 Å². The average Bonchev–Trinajstić information content (AvgIpc) is 2.90. The molecule has 2 aromatic rings. The molecule has 0 radical (unpaired) electrons. The Morgan fingerprint density at radius 2 is 1.90 bits per heavy atom. The van der Waals surface area contributed by atoms with Gasteiger partial charge >= 0.3 is 0 Å². The minimum absolute atomic E-state index is 0.290. The van der Waals surface area contributed by atoms with Crippen LogP contribution >= 0.6 is 0 Å². The normalized spacial score (nSPS) is 13.1. The standard InChI is InChI=1S/C14H19N3O3S/c1-9-5-13(20-4)6-10(2)14(9)21(18,19)17-11(3)12-7-15-16-8-12/h5-8,11,17H,1-4H3,(H,15,16). The van der Waals surface area contributed by atoms with Crippen LogP contribution in [0.1, 0.15) is 29.7 Å². The van der Waals surface area contributed by atoms with Gasteiger partial charge in [0.15, 0.2) is 0 Å². The Bertz CT molecular complexity index is 701. The summed E-state index contributed by atoms with van der Waals surface area (Å²) in [5.41, 5.74) is 2.08. The molecule has 0 fully saturated rings. The third-order valence-corrected chi connectivity index (χ3v) is 5.13. The maximum Gasteiger partial charge on any atom is 0.241 e. The first-order valence-corrected chi connectivity index (χ1v) is 7.99. The van der Waals surface area contributed by atoms with E-state index in [-0.39, 0.29) is 6.04 Å². The number of ether oxygens (including phenoxy) is 1. The molecule has 1 unspecified atom stereocenters. The van der Waals surface area contributed by atoms with E-state index in [1.165, 1.54) is 0 Å². The third kappa shape index (κ3) is 3.25. The first-order valence-electron chi connectivity index (χ1n) is 6.51. The number of benzene rings is 1. The Balaban J connectivity index is 2.36. The van der Waals surface area contributed by atoms with Gasteiger partial charge in [0.2, 0.25) is 10.0 Å². The van der Waals surface area contributed by atoms with E-state index in [1.54, 1.807) is 52.4 Å². The van der Waals surface area contributed by atoms with E-state index in [0.29, 0.717) is 21.8 Å². The second-order valence-electron chi connectivity index (χ2n) is 4.96. The minimum atomic E-state index is -3.62. The molecule has 0 aliphatic carbocycles. The van der Waals surface area contributed by atoms with E-state index in [1.807, 2.05) is 0 Å². The van der Waals surface area contributed by atoms with E-state index in [0.717, 1.165) is 5.56 Å². The van der Waals surface area contributed by atoms with Crippen LogP contribution in [-0.4, -0.2) is 25.7 Å². The lowest BCUT2D eigenvalue weighted by Crippen LogP contribution is -2.28. The highest BCUT2D eigenvalue weighted by Crippen LogP contribution is 2.26. The van der Waals surface area contributed by atoms with Crippen molar-refractivity contribution in [1.29, 1.82) is 0 Å². The zero-order chi connectivity index (χ0) is 15.6. The van der Waals surface area contributed by atoms with Crippen LogP contribution in [0.2, 0.25) is 0 Å². The fraction of sp³-hybridized carbons (Fsp3) is 0.357. The summed E-state index contributed by atoms with van der Waals surface area (Å²) in [5.74, 6) is 0.645. The number of aromatic amines is 1. The summed E-state index contributed by atoms with van der Waals surface area (Å²) in [4.78, 5) is 0.290. The Labute approximate surface area is 124 Å².